The maximum absolute atomic E-state index is 11.0. The first kappa shape index (κ1) is 15.5. The lowest BCUT2D eigenvalue weighted by Gasteiger charge is -2.14. The van der Waals surface area contributed by atoms with Gasteiger partial charge in [-0.3, -0.25) is 9.59 Å². The molecule has 0 aliphatic heterocycles. The van der Waals surface area contributed by atoms with E-state index in [0.29, 0.717) is 23.6 Å². The lowest BCUT2D eigenvalue weighted by Crippen LogP contribution is -2.36. The van der Waals surface area contributed by atoms with Crippen molar-refractivity contribution in [3.63, 3.8) is 0 Å². The Morgan fingerprint density at radius 1 is 1.47 bits per heavy atom. The number of rotatable bonds is 7. The number of carboxylic acids is 1. The molecule has 0 bridgehead atoms. The molecule has 19 heavy (non-hydrogen) atoms. The fraction of sp³-hybridized carbons (Fsp3) is 0.385. The summed E-state index contributed by atoms with van der Waals surface area (Å²) in [7, 11) is 0. The van der Waals surface area contributed by atoms with Crippen molar-refractivity contribution in [2.45, 2.75) is 32.4 Å². The van der Waals surface area contributed by atoms with Crippen molar-refractivity contribution in [1.29, 1.82) is 0 Å². The van der Waals surface area contributed by atoms with E-state index in [-0.39, 0.29) is 0 Å². The summed E-state index contributed by atoms with van der Waals surface area (Å²) in [5.74, 6) is -1.43. The van der Waals surface area contributed by atoms with Gasteiger partial charge < -0.3 is 16.2 Å². The molecule has 4 N–H and O–H groups in total. The minimum absolute atomic E-state index is 0.328. The first-order chi connectivity index (χ1) is 8.95. The van der Waals surface area contributed by atoms with Gasteiger partial charge >= 0.3 is 5.97 Å². The van der Waals surface area contributed by atoms with E-state index >= 15 is 0 Å². The van der Waals surface area contributed by atoms with Crippen LogP contribution in [0.5, 0.6) is 0 Å². The Balaban J connectivity index is 2.72. The van der Waals surface area contributed by atoms with Gasteiger partial charge in [0, 0.05) is 17.1 Å². The number of carbonyl (C=O) groups is 2. The van der Waals surface area contributed by atoms with Gasteiger partial charge in [-0.2, -0.15) is 0 Å². The molecule has 1 rings (SSSR count). The van der Waals surface area contributed by atoms with Crippen LogP contribution in [0.15, 0.2) is 18.2 Å². The van der Waals surface area contributed by atoms with Crippen LogP contribution in [0.2, 0.25) is 5.02 Å². The van der Waals surface area contributed by atoms with Crippen LogP contribution in [0.4, 0.5) is 0 Å². The number of hydrogen-bond acceptors (Lipinski definition) is 3. The van der Waals surface area contributed by atoms with E-state index in [0.717, 1.165) is 12.0 Å². The number of hydrogen-bond donors (Lipinski definition) is 3. The van der Waals surface area contributed by atoms with E-state index in [2.05, 4.69) is 5.32 Å². The first-order valence-corrected chi connectivity index (χ1v) is 6.38. The third kappa shape index (κ3) is 4.54. The van der Waals surface area contributed by atoms with Crippen molar-refractivity contribution in [3.8, 4) is 0 Å². The summed E-state index contributed by atoms with van der Waals surface area (Å²) in [5.41, 5.74) is 6.20. The zero-order valence-corrected chi connectivity index (χ0v) is 11.4. The number of carbonyl (C=O) groups excluding carboxylic acids is 1. The van der Waals surface area contributed by atoms with Gasteiger partial charge in [0.2, 0.25) is 5.91 Å². The van der Waals surface area contributed by atoms with E-state index in [1.165, 1.54) is 6.07 Å². The van der Waals surface area contributed by atoms with Gasteiger partial charge in [0.15, 0.2) is 0 Å². The molecule has 104 valence electrons. The van der Waals surface area contributed by atoms with Crippen LogP contribution >= 0.6 is 11.6 Å². The summed E-state index contributed by atoms with van der Waals surface area (Å²) in [6, 6.07) is 4.12. The lowest BCUT2D eigenvalue weighted by molar-refractivity contribution is -0.139. The molecule has 1 aromatic carbocycles. The minimum atomic E-state index is -0.883. The standard InChI is InChI=1S/C13H17ClN2O3/c1-2-3-11(13(18)19)16-7-9-5-4-8(12(15)17)6-10(9)14/h4-6,11,16H,2-3,7H2,1H3,(H2,15,17)(H,18,19). The molecular formula is C13H17ClN2O3. The monoisotopic (exact) mass is 284 g/mol. The van der Waals surface area contributed by atoms with Crippen molar-refractivity contribution in [2.24, 2.45) is 5.73 Å². The largest absolute Gasteiger partial charge is 0.480 e. The summed E-state index contributed by atoms with van der Waals surface area (Å²) in [6.07, 6.45) is 1.32. The summed E-state index contributed by atoms with van der Waals surface area (Å²) in [6.45, 7) is 2.25. The zero-order chi connectivity index (χ0) is 14.4. The van der Waals surface area contributed by atoms with Gasteiger partial charge in [-0.25, -0.2) is 0 Å². The van der Waals surface area contributed by atoms with Gasteiger partial charge in [0.05, 0.1) is 0 Å². The Kier molecular flexibility index (Phi) is 5.79. The van der Waals surface area contributed by atoms with E-state index in [4.69, 9.17) is 22.4 Å². The molecular weight excluding hydrogens is 268 g/mol. The van der Waals surface area contributed by atoms with Crippen LogP contribution in [0, 0.1) is 0 Å². The van der Waals surface area contributed by atoms with Crippen LogP contribution in [0.25, 0.3) is 0 Å². The maximum Gasteiger partial charge on any atom is 0.320 e. The van der Waals surface area contributed by atoms with Gasteiger partial charge in [0.25, 0.3) is 0 Å². The lowest BCUT2D eigenvalue weighted by atomic mass is 10.1. The molecule has 6 heteroatoms. The van der Waals surface area contributed by atoms with Crippen LogP contribution in [-0.4, -0.2) is 23.0 Å². The van der Waals surface area contributed by atoms with E-state index < -0.39 is 17.9 Å². The molecule has 0 aliphatic carbocycles. The fourth-order valence-corrected chi connectivity index (χ4v) is 1.93. The Labute approximate surface area is 116 Å². The molecule has 0 heterocycles. The van der Waals surface area contributed by atoms with Gasteiger partial charge in [-0.05, 0) is 24.1 Å². The molecule has 1 atom stereocenters. The topological polar surface area (TPSA) is 92.4 Å². The van der Waals surface area contributed by atoms with Crippen molar-refractivity contribution in [2.75, 3.05) is 0 Å². The Hall–Kier alpha value is -1.59. The van der Waals surface area contributed by atoms with Crippen molar-refractivity contribution >= 4 is 23.5 Å². The van der Waals surface area contributed by atoms with Crippen molar-refractivity contribution < 1.29 is 14.7 Å². The van der Waals surface area contributed by atoms with Crippen LogP contribution in [0.3, 0.4) is 0 Å². The third-order valence-electron chi connectivity index (χ3n) is 2.75. The number of benzene rings is 1. The fourth-order valence-electron chi connectivity index (χ4n) is 1.68. The summed E-state index contributed by atoms with van der Waals surface area (Å²) in [4.78, 5) is 22.0. The second-order valence-electron chi connectivity index (χ2n) is 4.23. The number of carboxylic acid groups (broad SMARTS) is 1. The predicted octanol–water partition coefficient (Wildman–Crippen LogP) is 1.78. The van der Waals surface area contributed by atoms with Gasteiger partial charge in [-0.1, -0.05) is 31.0 Å². The summed E-state index contributed by atoms with van der Waals surface area (Å²) < 4.78 is 0. The number of amides is 1. The molecule has 0 saturated carbocycles. The quantitative estimate of drug-likeness (QED) is 0.711. The number of aliphatic carboxylic acids is 1. The van der Waals surface area contributed by atoms with Crippen LogP contribution in [-0.2, 0) is 11.3 Å². The van der Waals surface area contributed by atoms with E-state index in [1.807, 2.05) is 6.92 Å². The van der Waals surface area contributed by atoms with Crippen molar-refractivity contribution in [3.05, 3.63) is 34.3 Å². The average molecular weight is 285 g/mol. The smallest absolute Gasteiger partial charge is 0.320 e. The highest BCUT2D eigenvalue weighted by molar-refractivity contribution is 6.31. The Morgan fingerprint density at radius 2 is 2.16 bits per heavy atom. The Bertz CT molecular complexity index is 477. The molecule has 1 aromatic rings. The normalized spacial score (nSPS) is 12.1. The van der Waals surface area contributed by atoms with E-state index in [1.54, 1.807) is 12.1 Å². The first-order valence-electron chi connectivity index (χ1n) is 6.00. The molecule has 1 amide bonds. The number of halogens is 1. The van der Waals surface area contributed by atoms with Crippen molar-refractivity contribution in [1.82, 2.24) is 5.32 Å². The average Bonchev–Trinajstić information content (AvgIpc) is 2.35. The zero-order valence-electron chi connectivity index (χ0n) is 10.6. The summed E-state index contributed by atoms with van der Waals surface area (Å²) in [5, 5.41) is 12.3. The molecule has 0 aliphatic rings. The van der Waals surface area contributed by atoms with Crippen LogP contribution in [0.1, 0.15) is 35.7 Å². The third-order valence-corrected chi connectivity index (χ3v) is 3.10. The molecule has 0 radical (unpaired) electrons. The SMILES string of the molecule is CCCC(NCc1ccc(C(N)=O)cc1Cl)C(=O)O. The highest BCUT2D eigenvalue weighted by atomic mass is 35.5. The van der Waals surface area contributed by atoms with E-state index in [9.17, 15) is 9.59 Å². The van der Waals surface area contributed by atoms with Crippen LogP contribution < -0.4 is 11.1 Å². The molecule has 0 saturated heterocycles. The summed E-state index contributed by atoms with van der Waals surface area (Å²) >= 11 is 6.02. The predicted molar refractivity (Wildman–Crippen MR) is 73.1 cm³/mol. The highest BCUT2D eigenvalue weighted by Gasteiger charge is 2.16. The maximum atomic E-state index is 11.0. The van der Waals surface area contributed by atoms with Gasteiger partial charge in [-0.15, -0.1) is 0 Å². The second kappa shape index (κ2) is 7.11. The molecule has 0 fully saturated rings. The number of nitrogens with two attached hydrogens (primary N) is 1. The highest BCUT2D eigenvalue weighted by Crippen LogP contribution is 2.18. The Morgan fingerprint density at radius 3 is 2.63 bits per heavy atom. The molecule has 5 nitrogen and oxygen atoms in total. The molecule has 0 aromatic heterocycles. The molecule has 1 unspecified atom stereocenters. The number of nitrogens with one attached hydrogen (secondary N) is 1. The van der Waals surface area contributed by atoms with Gasteiger partial charge in [0.1, 0.15) is 6.04 Å². The second-order valence-corrected chi connectivity index (χ2v) is 4.64. The molecule has 0 spiro atoms. The minimum Gasteiger partial charge on any atom is -0.480 e. The number of primary amides is 1.